The van der Waals surface area contributed by atoms with Gasteiger partial charge in [0.25, 0.3) is 0 Å². The maximum Gasteiger partial charge on any atom is 0.221 e. The van der Waals surface area contributed by atoms with Gasteiger partial charge in [0.2, 0.25) is 5.91 Å². The molecule has 1 fully saturated rings. The fourth-order valence-corrected chi connectivity index (χ4v) is 1.24. The van der Waals surface area contributed by atoms with Crippen LogP contribution in [0.15, 0.2) is 0 Å². The highest BCUT2D eigenvalue weighted by atomic mass is 16.1. The summed E-state index contributed by atoms with van der Waals surface area (Å²) in [5.41, 5.74) is 5.37. The second-order valence-electron chi connectivity index (χ2n) is 3.17. The zero-order valence-electron chi connectivity index (χ0n) is 5.98. The summed E-state index contributed by atoms with van der Waals surface area (Å²) >= 11 is 0. The summed E-state index contributed by atoms with van der Waals surface area (Å²) in [5, 5.41) is 0. The molecule has 0 spiro atoms. The number of primary amides is 1. The van der Waals surface area contributed by atoms with Crippen molar-refractivity contribution in [3.05, 3.63) is 0 Å². The molecule has 2 atom stereocenters. The lowest BCUT2D eigenvalue weighted by molar-refractivity contribution is -0.119. The summed E-state index contributed by atoms with van der Waals surface area (Å²) in [5.74, 6) is 0.0434. The SMILES string of the molecule is CC[C@]1(C)C[C@H]1C(N)=O. The molecule has 0 unspecified atom stereocenters. The average Bonchev–Trinajstić information content (AvgIpc) is 2.44. The van der Waals surface area contributed by atoms with Crippen molar-refractivity contribution < 1.29 is 4.79 Å². The van der Waals surface area contributed by atoms with E-state index < -0.39 is 0 Å². The van der Waals surface area contributed by atoms with Crippen LogP contribution in [0.2, 0.25) is 0 Å². The molecule has 0 radical (unpaired) electrons. The molecule has 1 aliphatic carbocycles. The van der Waals surface area contributed by atoms with Crippen LogP contribution in [0.1, 0.15) is 26.7 Å². The fourth-order valence-electron chi connectivity index (χ4n) is 1.24. The van der Waals surface area contributed by atoms with E-state index in [4.69, 9.17) is 5.73 Å². The summed E-state index contributed by atoms with van der Waals surface area (Å²) in [7, 11) is 0. The predicted octanol–water partition coefficient (Wildman–Crippen LogP) is 0.908. The molecule has 0 aliphatic heterocycles. The Bertz CT molecular complexity index is 144. The molecule has 52 valence electrons. The van der Waals surface area contributed by atoms with Gasteiger partial charge in [0.1, 0.15) is 0 Å². The molecule has 0 bridgehead atoms. The van der Waals surface area contributed by atoms with Crippen LogP contribution in [-0.2, 0) is 4.79 Å². The standard InChI is InChI=1S/C7H13NO/c1-3-7(2)4-5(7)6(8)9/h5H,3-4H2,1-2H3,(H2,8,9)/t5-,7+/m0/s1. The van der Waals surface area contributed by atoms with Gasteiger partial charge in [-0.2, -0.15) is 0 Å². The maximum absolute atomic E-state index is 10.6. The number of hydrogen-bond donors (Lipinski definition) is 1. The van der Waals surface area contributed by atoms with Gasteiger partial charge in [0.15, 0.2) is 0 Å². The summed E-state index contributed by atoms with van der Waals surface area (Å²) in [6.45, 7) is 4.21. The molecule has 0 heterocycles. The Labute approximate surface area is 55.4 Å². The summed E-state index contributed by atoms with van der Waals surface area (Å²) in [6, 6.07) is 0. The quantitative estimate of drug-likeness (QED) is 0.588. The maximum atomic E-state index is 10.6. The Balaban J connectivity index is 2.48. The lowest BCUT2D eigenvalue weighted by Gasteiger charge is -2.02. The Hall–Kier alpha value is -0.530. The molecule has 2 N–H and O–H groups in total. The Morgan fingerprint density at radius 3 is 2.56 bits per heavy atom. The van der Waals surface area contributed by atoms with E-state index >= 15 is 0 Å². The largest absolute Gasteiger partial charge is 0.369 e. The van der Waals surface area contributed by atoms with E-state index in [0.717, 1.165) is 12.8 Å². The van der Waals surface area contributed by atoms with Crippen molar-refractivity contribution in [2.24, 2.45) is 17.1 Å². The zero-order valence-corrected chi connectivity index (χ0v) is 5.98. The molecule has 1 aliphatic rings. The molecule has 9 heavy (non-hydrogen) atoms. The summed E-state index contributed by atoms with van der Waals surface area (Å²) in [6.07, 6.45) is 2.07. The molecular weight excluding hydrogens is 114 g/mol. The molecule has 1 rings (SSSR count). The third-order valence-electron chi connectivity index (χ3n) is 2.50. The number of carbonyl (C=O) groups excluding carboxylic acids is 1. The van der Waals surface area contributed by atoms with Crippen molar-refractivity contribution in [1.29, 1.82) is 0 Å². The van der Waals surface area contributed by atoms with Crippen LogP contribution in [0, 0.1) is 11.3 Å². The first kappa shape index (κ1) is 6.59. The monoisotopic (exact) mass is 127 g/mol. The van der Waals surface area contributed by atoms with Crippen molar-refractivity contribution in [2.45, 2.75) is 26.7 Å². The minimum Gasteiger partial charge on any atom is -0.369 e. The van der Waals surface area contributed by atoms with Gasteiger partial charge < -0.3 is 5.73 Å². The number of hydrogen-bond acceptors (Lipinski definition) is 1. The lowest BCUT2D eigenvalue weighted by Crippen LogP contribution is -2.16. The molecule has 2 heteroatoms. The van der Waals surface area contributed by atoms with E-state index in [9.17, 15) is 4.79 Å². The molecular formula is C7H13NO. The molecule has 2 nitrogen and oxygen atoms in total. The summed E-state index contributed by atoms with van der Waals surface area (Å²) < 4.78 is 0. The fraction of sp³-hybridized carbons (Fsp3) is 0.857. The molecule has 0 aromatic rings. The first-order chi connectivity index (χ1) is 4.10. The van der Waals surface area contributed by atoms with E-state index in [1.165, 1.54) is 0 Å². The molecule has 0 aromatic carbocycles. The van der Waals surface area contributed by atoms with Gasteiger partial charge in [-0.3, -0.25) is 4.79 Å². The topological polar surface area (TPSA) is 43.1 Å². The normalized spacial score (nSPS) is 40.4. The van der Waals surface area contributed by atoms with Crippen LogP contribution in [0.25, 0.3) is 0 Å². The van der Waals surface area contributed by atoms with Gasteiger partial charge in [-0.05, 0) is 18.3 Å². The van der Waals surface area contributed by atoms with Crippen LogP contribution in [0.3, 0.4) is 0 Å². The highest BCUT2D eigenvalue weighted by molar-refractivity contribution is 5.80. The van der Waals surface area contributed by atoms with Gasteiger partial charge in [-0.25, -0.2) is 0 Å². The summed E-state index contributed by atoms with van der Waals surface area (Å²) in [4.78, 5) is 10.6. The van der Waals surface area contributed by atoms with E-state index in [-0.39, 0.29) is 17.2 Å². The lowest BCUT2D eigenvalue weighted by atomic mass is 10.0. The first-order valence-corrected chi connectivity index (χ1v) is 3.39. The third kappa shape index (κ3) is 0.934. The van der Waals surface area contributed by atoms with Gasteiger partial charge >= 0.3 is 0 Å². The van der Waals surface area contributed by atoms with E-state index in [1.54, 1.807) is 0 Å². The minimum absolute atomic E-state index is 0.126. The predicted molar refractivity (Wildman–Crippen MR) is 35.7 cm³/mol. The Kier molecular flexibility index (Phi) is 1.26. The van der Waals surface area contributed by atoms with Crippen molar-refractivity contribution in [3.63, 3.8) is 0 Å². The van der Waals surface area contributed by atoms with Crippen molar-refractivity contribution in [1.82, 2.24) is 0 Å². The first-order valence-electron chi connectivity index (χ1n) is 3.39. The second-order valence-corrected chi connectivity index (χ2v) is 3.17. The molecule has 0 saturated heterocycles. The van der Waals surface area contributed by atoms with Gasteiger partial charge in [-0.1, -0.05) is 13.8 Å². The molecule has 0 aromatic heterocycles. The van der Waals surface area contributed by atoms with Crippen molar-refractivity contribution >= 4 is 5.91 Å². The van der Waals surface area contributed by atoms with Crippen LogP contribution in [0.5, 0.6) is 0 Å². The van der Waals surface area contributed by atoms with Crippen molar-refractivity contribution in [2.75, 3.05) is 0 Å². The van der Waals surface area contributed by atoms with Crippen LogP contribution in [-0.4, -0.2) is 5.91 Å². The van der Waals surface area contributed by atoms with Crippen LogP contribution in [0.4, 0.5) is 0 Å². The number of amides is 1. The van der Waals surface area contributed by atoms with E-state index in [0.29, 0.717) is 0 Å². The van der Waals surface area contributed by atoms with Gasteiger partial charge in [-0.15, -0.1) is 0 Å². The number of nitrogens with two attached hydrogens (primary N) is 1. The second kappa shape index (κ2) is 1.72. The minimum atomic E-state index is -0.126. The Morgan fingerprint density at radius 2 is 2.44 bits per heavy atom. The van der Waals surface area contributed by atoms with E-state index in [1.807, 2.05) is 0 Å². The van der Waals surface area contributed by atoms with Crippen LogP contribution < -0.4 is 5.73 Å². The van der Waals surface area contributed by atoms with Crippen molar-refractivity contribution in [3.8, 4) is 0 Å². The number of carbonyl (C=O) groups is 1. The third-order valence-corrected chi connectivity index (χ3v) is 2.50. The highest BCUT2D eigenvalue weighted by Gasteiger charge is 2.51. The van der Waals surface area contributed by atoms with Gasteiger partial charge in [0, 0.05) is 5.92 Å². The van der Waals surface area contributed by atoms with Gasteiger partial charge in [0.05, 0.1) is 0 Å². The van der Waals surface area contributed by atoms with Crippen LogP contribution >= 0.6 is 0 Å². The Morgan fingerprint density at radius 1 is 1.89 bits per heavy atom. The number of rotatable bonds is 2. The molecule has 1 saturated carbocycles. The molecule has 1 amide bonds. The highest BCUT2D eigenvalue weighted by Crippen LogP contribution is 2.54. The smallest absolute Gasteiger partial charge is 0.221 e. The van der Waals surface area contributed by atoms with E-state index in [2.05, 4.69) is 13.8 Å². The zero-order chi connectivity index (χ0) is 7.07. The average molecular weight is 127 g/mol.